The molecule has 1 atom stereocenters. The van der Waals surface area contributed by atoms with Crippen molar-refractivity contribution in [1.29, 1.82) is 0 Å². The minimum atomic E-state index is 0. The van der Waals surface area contributed by atoms with Crippen LogP contribution in [0.1, 0.15) is 65.6 Å². The van der Waals surface area contributed by atoms with Crippen LogP contribution in [0.15, 0.2) is 17.4 Å². The fraction of sp³-hybridized carbons (Fsp3) is 0.778. The minimum absolute atomic E-state index is 0. The number of hydrogen-bond donors (Lipinski definition) is 2. The van der Waals surface area contributed by atoms with Gasteiger partial charge >= 0.3 is 0 Å². The lowest BCUT2D eigenvalue weighted by molar-refractivity contribution is 0.501. The summed E-state index contributed by atoms with van der Waals surface area (Å²) in [6, 6.07) is 0.438. The van der Waals surface area contributed by atoms with Crippen molar-refractivity contribution in [1.82, 2.24) is 20.2 Å². The Morgan fingerprint density at radius 3 is 2.62 bits per heavy atom. The van der Waals surface area contributed by atoms with Crippen LogP contribution in [-0.4, -0.2) is 28.6 Å². The van der Waals surface area contributed by atoms with E-state index < -0.39 is 0 Å². The second-order valence-electron chi connectivity index (χ2n) is 6.71. The maximum atomic E-state index is 4.44. The lowest BCUT2D eigenvalue weighted by atomic mass is 10.1. The van der Waals surface area contributed by atoms with E-state index in [1.807, 2.05) is 19.4 Å². The van der Waals surface area contributed by atoms with Gasteiger partial charge in [-0.3, -0.25) is 4.99 Å². The van der Waals surface area contributed by atoms with Crippen molar-refractivity contribution in [3.8, 4) is 0 Å². The molecule has 0 saturated carbocycles. The van der Waals surface area contributed by atoms with Gasteiger partial charge in [-0.25, -0.2) is 4.98 Å². The van der Waals surface area contributed by atoms with E-state index in [9.17, 15) is 0 Å². The second-order valence-corrected chi connectivity index (χ2v) is 6.71. The quantitative estimate of drug-likeness (QED) is 0.244. The maximum absolute atomic E-state index is 4.44. The van der Waals surface area contributed by atoms with E-state index in [-0.39, 0.29) is 24.0 Å². The Bertz CT molecular complexity index is 456. The van der Waals surface area contributed by atoms with Gasteiger partial charge in [0.1, 0.15) is 5.82 Å². The highest BCUT2D eigenvalue weighted by atomic mass is 127. The molecule has 0 aromatic carbocycles. The first-order valence-electron chi connectivity index (χ1n) is 9.04. The molecular formula is C18H36IN5. The maximum Gasteiger partial charge on any atom is 0.191 e. The third kappa shape index (κ3) is 9.49. The van der Waals surface area contributed by atoms with E-state index in [1.165, 1.54) is 32.1 Å². The van der Waals surface area contributed by atoms with Gasteiger partial charge in [0.15, 0.2) is 5.96 Å². The number of aliphatic imine (C=N–C) groups is 1. The topological polar surface area (TPSA) is 54.2 Å². The van der Waals surface area contributed by atoms with Gasteiger partial charge in [0.2, 0.25) is 0 Å². The number of hydrogen-bond acceptors (Lipinski definition) is 2. The average Bonchev–Trinajstić information content (AvgIpc) is 2.94. The van der Waals surface area contributed by atoms with E-state index in [1.54, 1.807) is 0 Å². The molecule has 140 valence electrons. The lowest BCUT2D eigenvalue weighted by Gasteiger charge is -2.18. The summed E-state index contributed by atoms with van der Waals surface area (Å²) < 4.78 is 2.21. The van der Waals surface area contributed by atoms with Gasteiger partial charge in [-0.2, -0.15) is 0 Å². The first-order chi connectivity index (χ1) is 11.1. The van der Waals surface area contributed by atoms with Crippen LogP contribution in [0.2, 0.25) is 0 Å². The Kier molecular flexibility index (Phi) is 13.1. The van der Waals surface area contributed by atoms with Crippen molar-refractivity contribution < 1.29 is 0 Å². The molecule has 2 N–H and O–H groups in total. The monoisotopic (exact) mass is 449 g/mol. The summed E-state index contributed by atoms with van der Waals surface area (Å²) in [6.45, 7) is 10.6. The van der Waals surface area contributed by atoms with Crippen LogP contribution in [0.4, 0.5) is 0 Å². The summed E-state index contributed by atoms with van der Waals surface area (Å²) >= 11 is 0. The largest absolute Gasteiger partial charge is 0.354 e. The van der Waals surface area contributed by atoms with Gasteiger partial charge in [-0.05, 0) is 19.3 Å². The second kappa shape index (κ2) is 13.5. The van der Waals surface area contributed by atoms with Crippen molar-refractivity contribution in [3.63, 3.8) is 0 Å². The van der Waals surface area contributed by atoms with Crippen LogP contribution in [0.3, 0.4) is 0 Å². The van der Waals surface area contributed by atoms with Crippen molar-refractivity contribution in [3.05, 3.63) is 18.2 Å². The highest BCUT2D eigenvalue weighted by Crippen LogP contribution is 2.06. The molecule has 0 bridgehead atoms. The Labute approximate surface area is 165 Å². The van der Waals surface area contributed by atoms with Gasteiger partial charge in [0, 0.05) is 32.0 Å². The van der Waals surface area contributed by atoms with Crippen LogP contribution >= 0.6 is 24.0 Å². The van der Waals surface area contributed by atoms with Crippen LogP contribution in [-0.2, 0) is 13.1 Å². The molecule has 1 aromatic rings. The van der Waals surface area contributed by atoms with Gasteiger partial charge in [0.05, 0.1) is 6.54 Å². The number of aromatic nitrogens is 2. The molecular weight excluding hydrogens is 413 g/mol. The minimum Gasteiger partial charge on any atom is -0.354 e. The number of nitrogens with zero attached hydrogens (tertiary/aromatic N) is 3. The Hall–Kier alpha value is -0.790. The first-order valence-corrected chi connectivity index (χ1v) is 9.04. The molecule has 24 heavy (non-hydrogen) atoms. The predicted molar refractivity (Wildman–Crippen MR) is 114 cm³/mol. The highest BCUT2D eigenvalue weighted by Gasteiger charge is 2.08. The van der Waals surface area contributed by atoms with Gasteiger partial charge in [-0.15, -0.1) is 24.0 Å². The Morgan fingerprint density at radius 1 is 1.25 bits per heavy atom. The van der Waals surface area contributed by atoms with Crippen molar-refractivity contribution in [2.75, 3.05) is 7.05 Å². The summed E-state index contributed by atoms with van der Waals surface area (Å²) in [5, 5.41) is 6.84. The zero-order valence-corrected chi connectivity index (χ0v) is 18.3. The Morgan fingerprint density at radius 2 is 2.00 bits per heavy atom. The molecule has 6 heteroatoms. The summed E-state index contributed by atoms with van der Waals surface area (Å²) in [5.74, 6) is 2.52. The number of rotatable bonds is 10. The highest BCUT2D eigenvalue weighted by molar-refractivity contribution is 14.0. The summed E-state index contributed by atoms with van der Waals surface area (Å²) in [6.07, 6.45) is 10.3. The first kappa shape index (κ1) is 23.2. The summed E-state index contributed by atoms with van der Waals surface area (Å²) in [7, 11) is 1.82. The molecule has 1 unspecified atom stereocenters. The third-order valence-corrected chi connectivity index (χ3v) is 3.87. The summed E-state index contributed by atoms with van der Waals surface area (Å²) in [4.78, 5) is 8.76. The Balaban J connectivity index is 0.00000529. The van der Waals surface area contributed by atoms with Crippen molar-refractivity contribution >= 4 is 29.9 Å². The van der Waals surface area contributed by atoms with Gasteiger partial charge in [0.25, 0.3) is 0 Å². The molecule has 1 aromatic heterocycles. The van der Waals surface area contributed by atoms with Crippen LogP contribution in [0, 0.1) is 5.92 Å². The number of imidazole rings is 1. The zero-order valence-electron chi connectivity index (χ0n) is 16.0. The molecule has 0 saturated heterocycles. The molecule has 1 rings (SSSR count). The van der Waals surface area contributed by atoms with Crippen LogP contribution < -0.4 is 10.6 Å². The smallest absolute Gasteiger partial charge is 0.191 e. The molecule has 0 aliphatic carbocycles. The van der Waals surface area contributed by atoms with Crippen molar-refractivity contribution in [2.24, 2.45) is 10.9 Å². The molecule has 0 fully saturated rings. The molecule has 0 aliphatic rings. The van der Waals surface area contributed by atoms with Crippen molar-refractivity contribution in [2.45, 2.75) is 78.9 Å². The number of unbranched alkanes of at least 4 members (excludes halogenated alkanes) is 3. The molecule has 0 amide bonds. The molecule has 0 radical (unpaired) electrons. The van der Waals surface area contributed by atoms with Crippen LogP contribution in [0.25, 0.3) is 0 Å². The fourth-order valence-electron chi connectivity index (χ4n) is 2.61. The van der Waals surface area contributed by atoms with E-state index in [0.29, 0.717) is 18.5 Å². The van der Waals surface area contributed by atoms with E-state index in [4.69, 9.17) is 0 Å². The number of halogens is 1. The zero-order chi connectivity index (χ0) is 17.1. The summed E-state index contributed by atoms with van der Waals surface area (Å²) in [5.41, 5.74) is 0. The molecule has 5 nitrogen and oxygen atoms in total. The molecule has 0 spiro atoms. The average molecular weight is 449 g/mol. The van der Waals surface area contributed by atoms with Crippen LogP contribution in [0.5, 0.6) is 0 Å². The fourth-order valence-corrected chi connectivity index (χ4v) is 2.61. The standard InChI is InChI=1S/C18H35N5.HI/c1-6-7-8-9-10-16(4)22-18(19-5)21-13-17-20-11-12-23(17)14-15(2)3;/h11-12,15-16H,6-10,13-14H2,1-5H3,(H2,19,21,22);1H. The molecule has 1 heterocycles. The van der Waals surface area contributed by atoms with Gasteiger partial charge in [-0.1, -0.05) is 46.5 Å². The van der Waals surface area contributed by atoms with E-state index in [0.717, 1.165) is 18.3 Å². The normalized spacial score (nSPS) is 12.8. The SMILES string of the molecule is CCCCCCC(C)NC(=NC)NCc1nccn1CC(C)C.I. The third-order valence-electron chi connectivity index (χ3n) is 3.87. The van der Waals surface area contributed by atoms with Gasteiger partial charge < -0.3 is 15.2 Å². The number of guanidine groups is 1. The lowest BCUT2D eigenvalue weighted by Crippen LogP contribution is -2.42. The van der Waals surface area contributed by atoms with E-state index >= 15 is 0 Å². The number of nitrogens with one attached hydrogen (secondary N) is 2. The predicted octanol–water partition coefficient (Wildman–Crippen LogP) is 4.18. The molecule has 0 aliphatic heterocycles. The van der Waals surface area contributed by atoms with E-state index in [2.05, 4.69) is 52.9 Å².